The van der Waals surface area contributed by atoms with Crippen LogP contribution in [0.1, 0.15) is 62.4 Å². The van der Waals surface area contributed by atoms with Crippen LogP contribution < -0.4 is 5.32 Å². The standard InChI is InChI=1S/C16H27NS/c1-4-13-7-6-8-14(11-13)15(17-5-2)16-12(3)9-10-18-16/h9-10,13-15,17H,4-8,11H2,1-3H3. The van der Waals surface area contributed by atoms with Gasteiger partial charge in [0.05, 0.1) is 0 Å². The Balaban J connectivity index is 2.12. The molecule has 0 aliphatic heterocycles. The van der Waals surface area contributed by atoms with Crippen molar-refractivity contribution in [2.45, 2.75) is 58.9 Å². The van der Waals surface area contributed by atoms with Crippen LogP contribution in [0.25, 0.3) is 0 Å². The van der Waals surface area contributed by atoms with Crippen LogP contribution in [0.15, 0.2) is 11.4 Å². The molecule has 1 heterocycles. The largest absolute Gasteiger partial charge is 0.309 e. The number of nitrogens with one attached hydrogen (secondary N) is 1. The molecule has 3 atom stereocenters. The highest BCUT2D eigenvalue weighted by atomic mass is 32.1. The second-order valence-corrected chi connectivity index (χ2v) is 6.65. The lowest BCUT2D eigenvalue weighted by atomic mass is 9.76. The van der Waals surface area contributed by atoms with E-state index in [-0.39, 0.29) is 0 Å². The van der Waals surface area contributed by atoms with Gasteiger partial charge in [-0.05, 0) is 55.2 Å². The van der Waals surface area contributed by atoms with Gasteiger partial charge < -0.3 is 5.32 Å². The average molecular weight is 265 g/mol. The molecule has 0 saturated heterocycles. The summed E-state index contributed by atoms with van der Waals surface area (Å²) in [7, 11) is 0. The van der Waals surface area contributed by atoms with Gasteiger partial charge in [0, 0.05) is 10.9 Å². The van der Waals surface area contributed by atoms with Crippen molar-refractivity contribution < 1.29 is 0 Å². The molecule has 3 unspecified atom stereocenters. The van der Waals surface area contributed by atoms with E-state index in [0.717, 1.165) is 18.4 Å². The van der Waals surface area contributed by atoms with Crippen LogP contribution in [0.2, 0.25) is 0 Å². The number of hydrogen-bond donors (Lipinski definition) is 1. The molecule has 1 aliphatic carbocycles. The number of rotatable bonds is 5. The molecule has 1 N–H and O–H groups in total. The summed E-state index contributed by atoms with van der Waals surface area (Å²) >= 11 is 1.94. The Hall–Kier alpha value is -0.340. The van der Waals surface area contributed by atoms with E-state index in [4.69, 9.17) is 0 Å². The van der Waals surface area contributed by atoms with E-state index in [2.05, 4.69) is 37.5 Å². The molecular weight excluding hydrogens is 238 g/mol. The summed E-state index contributed by atoms with van der Waals surface area (Å²) in [6.07, 6.45) is 7.07. The molecule has 1 aliphatic rings. The van der Waals surface area contributed by atoms with Gasteiger partial charge in [0.25, 0.3) is 0 Å². The first-order chi connectivity index (χ1) is 8.76. The molecular formula is C16H27NS. The van der Waals surface area contributed by atoms with Crippen LogP contribution in [0.5, 0.6) is 0 Å². The molecule has 0 aromatic carbocycles. The van der Waals surface area contributed by atoms with Gasteiger partial charge >= 0.3 is 0 Å². The third-order valence-corrected chi connectivity index (χ3v) is 5.58. The van der Waals surface area contributed by atoms with Crippen molar-refractivity contribution >= 4 is 11.3 Å². The third kappa shape index (κ3) is 3.16. The zero-order valence-electron chi connectivity index (χ0n) is 12.0. The lowest BCUT2D eigenvalue weighted by molar-refractivity contribution is 0.212. The third-order valence-electron chi connectivity index (χ3n) is 4.48. The van der Waals surface area contributed by atoms with E-state index in [1.807, 2.05) is 11.3 Å². The van der Waals surface area contributed by atoms with Crippen molar-refractivity contribution in [2.24, 2.45) is 11.8 Å². The van der Waals surface area contributed by atoms with Crippen molar-refractivity contribution in [1.82, 2.24) is 5.32 Å². The van der Waals surface area contributed by atoms with E-state index >= 15 is 0 Å². The summed E-state index contributed by atoms with van der Waals surface area (Å²) in [6.45, 7) is 7.92. The summed E-state index contributed by atoms with van der Waals surface area (Å²) in [5.74, 6) is 1.81. The van der Waals surface area contributed by atoms with Crippen LogP contribution >= 0.6 is 11.3 Å². The second kappa shape index (κ2) is 6.72. The van der Waals surface area contributed by atoms with Crippen molar-refractivity contribution in [2.75, 3.05) is 6.54 Å². The number of hydrogen-bond acceptors (Lipinski definition) is 2. The summed E-state index contributed by atoms with van der Waals surface area (Å²) in [6, 6.07) is 2.87. The summed E-state index contributed by atoms with van der Waals surface area (Å²) in [4.78, 5) is 1.58. The normalized spacial score (nSPS) is 26.2. The summed E-state index contributed by atoms with van der Waals surface area (Å²) in [5, 5.41) is 6.00. The molecule has 0 bridgehead atoms. The first-order valence-corrected chi connectivity index (χ1v) is 8.41. The lowest BCUT2D eigenvalue weighted by Gasteiger charge is -2.34. The van der Waals surface area contributed by atoms with Gasteiger partial charge in [0.15, 0.2) is 0 Å². The first kappa shape index (κ1) is 14.1. The smallest absolute Gasteiger partial charge is 0.0446 e. The highest BCUT2D eigenvalue weighted by molar-refractivity contribution is 7.10. The number of thiophene rings is 1. The molecule has 0 radical (unpaired) electrons. The topological polar surface area (TPSA) is 12.0 Å². The Kier molecular flexibility index (Phi) is 5.25. The maximum absolute atomic E-state index is 3.75. The minimum Gasteiger partial charge on any atom is -0.309 e. The van der Waals surface area contributed by atoms with E-state index in [9.17, 15) is 0 Å². The van der Waals surface area contributed by atoms with E-state index < -0.39 is 0 Å². The van der Waals surface area contributed by atoms with Crippen LogP contribution in [0.4, 0.5) is 0 Å². The maximum Gasteiger partial charge on any atom is 0.0446 e. The Morgan fingerprint density at radius 3 is 2.83 bits per heavy atom. The van der Waals surface area contributed by atoms with E-state index in [0.29, 0.717) is 6.04 Å². The fraction of sp³-hybridized carbons (Fsp3) is 0.750. The van der Waals surface area contributed by atoms with Gasteiger partial charge in [0.1, 0.15) is 0 Å². The minimum absolute atomic E-state index is 0.601. The Morgan fingerprint density at radius 1 is 1.39 bits per heavy atom. The summed E-state index contributed by atoms with van der Waals surface area (Å²) < 4.78 is 0. The van der Waals surface area contributed by atoms with Gasteiger partial charge in [-0.2, -0.15) is 0 Å². The van der Waals surface area contributed by atoms with Crippen LogP contribution in [0.3, 0.4) is 0 Å². The zero-order valence-corrected chi connectivity index (χ0v) is 12.9. The quantitative estimate of drug-likeness (QED) is 0.796. The molecule has 2 rings (SSSR count). The predicted molar refractivity (Wildman–Crippen MR) is 81.2 cm³/mol. The monoisotopic (exact) mass is 265 g/mol. The Morgan fingerprint density at radius 2 is 2.22 bits per heavy atom. The zero-order chi connectivity index (χ0) is 13.0. The fourth-order valence-electron chi connectivity index (χ4n) is 3.40. The van der Waals surface area contributed by atoms with Gasteiger partial charge in [0.2, 0.25) is 0 Å². The summed E-state index contributed by atoms with van der Waals surface area (Å²) in [5.41, 5.74) is 1.48. The molecule has 102 valence electrons. The lowest BCUT2D eigenvalue weighted by Crippen LogP contribution is -2.31. The van der Waals surface area contributed by atoms with E-state index in [1.165, 1.54) is 37.7 Å². The van der Waals surface area contributed by atoms with Crippen molar-refractivity contribution in [1.29, 1.82) is 0 Å². The molecule has 18 heavy (non-hydrogen) atoms. The first-order valence-electron chi connectivity index (χ1n) is 7.53. The molecule has 2 heteroatoms. The van der Waals surface area contributed by atoms with Crippen molar-refractivity contribution in [3.05, 3.63) is 21.9 Å². The second-order valence-electron chi connectivity index (χ2n) is 5.70. The van der Waals surface area contributed by atoms with Gasteiger partial charge in [-0.1, -0.05) is 33.1 Å². The fourth-order valence-corrected chi connectivity index (χ4v) is 4.50. The molecule has 1 saturated carbocycles. The van der Waals surface area contributed by atoms with E-state index in [1.54, 1.807) is 4.88 Å². The number of aryl methyl sites for hydroxylation is 1. The van der Waals surface area contributed by atoms with Gasteiger partial charge in [-0.15, -0.1) is 11.3 Å². The molecule has 1 aromatic rings. The Bertz CT molecular complexity index is 358. The molecule has 1 aromatic heterocycles. The highest BCUT2D eigenvalue weighted by Crippen LogP contribution is 2.40. The van der Waals surface area contributed by atoms with Gasteiger partial charge in [-0.3, -0.25) is 0 Å². The van der Waals surface area contributed by atoms with Gasteiger partial charge in [-0.25, -0.2) is 0 Å². The average Bonchev–Trinajstić information content (AvgIpc) is 2.82. The molecule has 1 fully saturated rings. The molecule has 1 nitrogen and oxygen atoms in total. The Labute approximate surface area is 116 Å². The van der Waals surface area contributed by atoms with Crippen molar-refractivity contribution in [3.63, 3.8) is 0 Å². The maximum atomic E-state index is 3.75. The highest BCUT2D eigenvalue weighted by Gasteiger charge is 2.29. The van der Waals surface area contributed by atoms with Crippen LogP contribution in [0, 0.1) is 18.8 Å². The van der Waals surface area contributed by atoms with Crippen LogP contribution in [-0.2, 0) is 0 Å². The SMILES string of the molecule is CCNC(c1sccc1C)C1CCCC(CC)C1. The van der Waals surface area contributed by atoms with Crippen molar-refractivity contribution in [3.8, 4) is 0 Å². The van der Waals surface area contributed by atoms with Crippen LogP contribution in [-0.4, -0.2) is 6.54 Å². The molecule has 0 spiro atoms. The minimum atomic E-state index is 0.601. The predicted octanol–water partition coefficient (Wildman–Crippen LogP) is 4.92. The molecule has 0 amide bonds.